The van der Waals surface area contributed by atoms with Gasteiger partial charge in [-0.25, -0.2) is 0 Å². The molecule has 0 radical (unpaired) electrons. The number of fused-ring (bicyclic) bond motifs is 1. The minimum Gasteiger partial charge on any atom is -0.489 e. The molecule has 6 rings (SSSR count). The number of rotatable bonds is 5. The molecule has 3 amide bonds. The minimum absolute atomic E-state index is 0.134. The molecule has 1 N–H and O–H groups in total. The zero-order valence-corrected chi connectivity index (χ0v) is 20.5. The van der Waals surface area contributed by atoms with Crippen molar-refractivity contribution in [2.75, 3.05) is 13.1 Å². The van der Waals surface area contributed by atoms with E-state index in [-0.39, 0.29) is 30.2 Å². The lowest BCUT2D eigenvalue weighted by Crippen LogP contribution is -2.52. The van der Waals surface area contributed by atoms with E-state index in [0.717, 1.165) is 37.2 Å². The van der Waals surface area contributed by atoms with Gasteiger partial charge >= 0.3 is 0 Å². The highest BCUT2D eigenvalue weighted by Crippen LogP contribution is 2.36. The molecule has 3 aliphatic heterocycles. The second-order valence-electron chi connectivity index (χ2n) is 10.6. The topological polar surface area (TPSA) is 79.0 Å². The molecule has 2 aromatic rings. The van der Waals surface area contributed by atoms with Crippen LogP contribution in [0.1, 0.15) is 72.3 Å². The Bertz CT molecular complexity index is 1170. The summed E-state index contributed by atoms with van der Waals surface area (Å²) in [6, 6.07) is 16.3. The Morgan fingerprint density at radius 2 is 1.75 bits per heavy atom. The fraction of sp³-hybridized carbons (Fsp3) is 0.483. The number of hydrogen-bond donors (Lipinski definition) is 1. The molecule has 2 aromatic carbocycles. The first-order valence-electron chi connectivity index (χ1n) is 13.3. The van der Waals surface area contributed by atoms with Crippen LogP contribution >= 0.6 is 0 Å². The van der Waals surface area contributed by atoms with Crippen LogP contribution in [-0.2, 0) is 16.1 Å². The van der Waals surface area contributed by atoms with Crippen molar-refractivity contribution < 1.29 is 19.1 Å². The van der Waals surface area contributed by atoms with E-state index in [2.05, 4.69) is 40.5 Å². The molecule has 2 saturated heterocycles. The predicted octanol–water partition coefficient (Wildman–Crippen LogP) is 3.63. The zero-order valence-electron chi connectivity index (χ0n) is 20.5. The number of piperidine rings is 1. The van der Waals surface area contributed by atoms with Crippen LogP contribution < -0.4 is 10.1 Å². The van der Waals surface area contributed by atoms with Crippen LogP contribution in [-0.4, -0.2) is 58.8 Å². The van der Waals surface area contributed by atoms with E-state index in [1.54, 1.807) is 4.90 Å². The predicted molar refractivity (Wildman–Crippen MR) is 135 cm³/mol. The summed E-state index contributed by atoms with van der Waals surface area (Å²) >= 11 is 0. The van der Waals surface area contributed by atoms with Gasteiger partial charge in [-0.05, 0) is 73.9 Å². The minimum atomic E-state index is -0.595. The van der Waals surface area contributed by atoms with Crippen molar-refractivity contribution in [2.45, 2.75) is 75.6 Å². The van der Waals surface area contributed by atoms with Gasteiger partial charge in [-0.2, -0.15) is 0 Å². The Balaban J connectivity index is 1.14. The Labute approximate surface area is 211 Å². The Morgan fingerprint density at radius 3 is 2.58 bits per heavy atom. The van der Waals surface area contributed by atoms with E-state index in [1.807, 2.05) is 18.2 Å². The van der Waals surface area contributed by atoms with E-state index in [0.29, 0.717) is 30.5 Å². The summed E-state index contributed by atoms with van der Waals surface area (Å²) in [7, 11) is 0. The quantitative estimate of drug-likeness (QED) is 0.652. The van der Waals surface area contributed by atoms with Crippen LogP contribution in [0.3, 0.4) is 0 Å². The summed E-state index contributed by atoms with van der Waals surface area (Å²) in [6.45, 7) is 2.55. The van der Waals surface area contributed by atoms with E-state index in [9.17, 15) is 14.4 Å². The van der Waals surface area contributed by atoms with Gasteiger partial charge in [0.2, 0.25) is 11.8 Å². The third-order valence-electron chi connectivity index (χ3n) is 8.41. The van der Waals surface area contributed by atoms with Crippen molar-refractivity contribution >= 4 is 17.7 Å². The monoisotopic (exact) mass is 487 g/mol. The number of nitrogens with zero attached hydrogens (tertiary/aromatic N) is 2. The highest BCUT2D eigenvalue weighted by molar-refractivity contribution is 6.05. The standard InChI is InChI=1S/C29H33N3O4/c33-27-13-12-25(28(34)30-27)32-18-21-16-22(10-11-23(21)29(32)35)36-26-9-5-4-8-24(26)31-15-14-20(17-31)19-6-2-1-3-7-19/h1-3,6-7,10-11,16,20,24-26H,4-5,8-9,12-15,17-18H2,(H,30,33,34)/t20-,24+,25?,26+/m0/s1. The molecule has 4 atom stereocenters. The second kappa shape index (κ2) is 9.69. The zero-order chi connectivity index (χ0) is 24.6. The molecule has 0 aromatic heterocycles. The number of ether oxygens (including phenoxy) is 1. The third kappa shape index (κ3) is 4.41. The normalized spacial score (nSPS) is 28.8. The lowest BCUT2D eigenvalue weighted by molar-refractivity contribution is -0.136. The number of benzene rings is 2. The maximum atomic E-state index is 13.0. The average molecular weight is 488 g/mol. The lowest BCUT2D eigenvalue weighted by Gasteiger charge is -2.38. The van der Waals surface area contributed by atoms with Gasteiger partial charge in [0.1, 0.15) is 17.9 Å². The van der Waals surface area contributed by atoms with Crippen molar-refractivity contribution in [1.82, 2.24) is 15.1 Å². The Hall–Kier alpha value is -3.19. The van der Waals surface area contributed by atoms with Gasteiger partial charge in [0, 0.05) is 31.1 Å². The second-order valence-corrected chi connectivity index (χ2v) is 10.6. The van der Waals surface area contributed by atoms with Gasteiger partial charge < -0.3 is 9.64 Å². The van der Waals surface area contributed by atoms with Gasteiger partial charge in [-0.3, -0.25) is 24.6 Å². The van der Waals surface area contributed by atoms with Gasteiger partial charge in [-0.15, -0.1) is 0 Å². The maximum Gasteiger partial charge on any atom is 0.255 e. The molecule has 3 heterocycles. The first-order chi connectivity index (χ1) is 17.6. The van der Waals surface area contributed by atoms with Crippen molar-refractivity contribution in [3.8, 4) is 5.75 Å². The number of nitrogens with one attached hydrogen (secondary N) is 1. The van der Waals surface area contributed by atoms with Crippen molar-refractivity contribution in [1.29, 1.82) is 0 Å². The fourth-order valence-electron chi connectivity index (χ4n) is 6.52. The summed E-state index contributed by atoms with van der Waals surface area (Å²) in [6.07, 6.45) is 6.54. The largest absolute Gasteiger partial charge is 0.489 e. The maximum absolute atomic E-state index is 13.0. The van der Waals surface area contributed by atoms with E-state index in [4.69, 9.17) is 4.74 Å². The van der Waals surface area contributed by atoms with Crippen LogP contribution in [0.5, 0.6) is 5.75 Å². The first kappa shape index (κ1) is 23.2. The molecule has 1 aliphatic carbocycles. The molecular weight excluding hydrogens is 454 g/mol. The molecule has 3 fully saturated rings. The molecule has 0 bridgehead atoms. The molecular formula is C29H33N3O4. The van der Waals surface area contributed by atoms with Crippen LogP contribution in [0, 0.1) is 0 Å². The molecule has 7 heteroatoms. The first-order valence-corrected chi connectivity index (χ1v) is 13.3. The number of carbonyl (C=O) groups is 3. The third-order valence-corrected chi connectivity index (χ3v) is 8.41. The van der Waals surface area contributed by atoms with Gasteiger partial charge in [0.25, 0.3) is 5.91 Å². The number of imide groups is 1. The molecule has 1 unspecified atom stereocenters. The summed E-state index contributed by atoms with van der Waals surface area (Å²) < 4.78 is 6.60. The van der Waals surface area contributed by atoms with Crippen molar-refractivity contribution in [3.05, 3.63) is 65.2 Å². The van der Waals surface area contributed by atoms with E-state index < -0.39 is 6.04 Å². The number of hydrogen-bond acceptors (Lipinski definition) is 5. The van der Waals surface area contributed by atoms with E-state index in [1.165, 1.54) is 24.8 Å². The van der Waals surface area contributed by atoms with Crippen LogP contribution in [0.2, 0.25) is 0 Å². The summed E-state index contributed by atoms with van der Waals surface area (Å²) in [5.74, 6) is 0.575. The number of carbonyl (C=O) groups excluding carboxylic acids is 3. The summed E-state index contributed by atoms with van der Waals surface area (Å²) in [5.41, 5.74) is 2.94. The van der Waals surface area contributed by atoms with Gasteiger partial charge in [0.05, 0.1) is 0 Å². The SMILES string of the molecule is O=C1CCC(N2Cc3cc(O[C@@H]4CCCC[C@H]4N4CC[C@H](c5ccccc5)C4)ccc3C2=O)C(=O)N1. The van der Waals surface area contributed by atoms with Crippen LogP contribution in [0.15, 0.2) is 48.5 Å². The molecule has 1 saturated carbocycles. The molecule has 4 aliphatic rings. The number of amides is 3. The highest BCUT2D eigenvalue weighted by atomic mass is 16.5. The molecule has 188 valence electrons. The molecule has 0 spiro atoms. The van der Waals surface area contributed by atoms with Crippen LogP contribution in [0.25, 0.3) is 0 Å². The summed E-state index contributed by atoms with van der Waals surface area (Å²) in [4.78, 5) is 41.1. The average Bonchev–Trinajstić information content (AvgIpc) is 3.50. The van der Waals surface area contributed by atoms with Gasteiger partial charge in [0.15, 0.2) is 0 Å². The Kier molecular flexibility index (Phi) is 6.25. The smallest absolute Gasteiger partial charge is 0.255 e. The van der Waals surface area contributed by atoms with Crippen molar-refractivity contribution in [3.63, 3.8) is 0 Å². The van der Waals surface area contributed by atoms with Crippen LogP contribution in [0.4, 0.5) is 0 Å². The van der Waals surface area contributed by atoms with E-state index >= 15 is 0 Å². The van der Waals surface area contributed by atoms with Crippen molar-refractivity contribution in [2.24, 2.45) is 0 Å². The summed E-state index contributed by atoms with van der Waals surface area (Å²) in [5, 5.41) is 2.36. The molecule has 7 nitrogen and oxygen atoms in total. The number of likely N-dealkylation sites (tertiary alicyclic amines) is 1. The fourth-order valence-corrected chi connectivity index (χ4v) is 6.52. The highest BCUT2D eigenvalue weighted by Gasteiger charge is 2.40. The molecule has 36 heavy (non-hydrogen) atoms. The lowest BCUT2D eigenvalue weighted by atomic mass is 9.91. The van der Waals surface area contributed by atoms with Gasteiger partial charge in [-0.1, -0.05) is 36.8 Å². The Morgan fingerprint density at radius 1 is 0.917 bits per heavy atom.